The van der Waals surface area contributed by atoms with E-state index < -0.39 is 45.0 Å². The van der Waals surface area contributed by atoms with E-state index in [1.165, 1.54) is 4.31 Å². The molecule has 4 rings (SSSR count). The third-order valence-corrected chi connectivity index (χ3v) is 9.73. The van der Waals surface area contributed by atoms with Crippen LogP contribution in [0.25, 0.3) is 0 Å². The molecule has 0 unspecified atom stereocenters. The van der Waals surface area contributed by atoms with Crippen molar-refractivity contribution in [1.82, 2.24) is 14.7 Å². The van der Waals surface area contributed by atoms with Gasteiger partial charge in [0.05, 0.1) is 0 Å². The number of anilines is 1. The topological polar surface area (TPSA) is 168 Å². The molecule has 19 heteroatoms. The number of nitrogens with zero attached hydrogens (tertiary/aromatic N) is 3. The Labute approximate surface area is 259 Å². The predicted octanol–water partition coefficient (Wildman–Crippen LogP) is 2.95. The van der Waals surface area contributed by atoms with E-state index in [-0.39, 0.29) is 12.8 Å². The highest BCUT2D eigenvalue weighted by molar-refractivity contribution is 7.91. The van der Waals surface area contributed by atoms with Crippen LogP contribution in [0.1, 0.15) is 18.4 Å². The molecule has 0 saturated carbocycles. The minimum atomic E-state index is -5.08. The number of benzene rings is 2. The average molecular weight is 687 g/mol. The fourth-order valence-electron chi connectivity index (χ4n) is 4.69. The Morgan fingerprint density at radius 3 is 1.54 bits per heavy atom. The molecule has 0 spiro atoms. The van der Waals surface area contributed by atoms with Gasteiger partial charge in [-0.1, -0.05) is 48.5 Å². The van der Waals surface area contributed by atoms with Gasteiger partial charge in [0.25, 0.3) is 5.91 Å². The first-order chi connectivity index (χ1) is 21.3. The molecular weight excluding hydrogens is 654 g/mol. The summed E-state index contributed by atoms with van der Waals surface area (Å²) in [7, 11) is -3.95. The lowest BCUT2D eigenvalue weighted by Crippen LogP contribution is -2.63. The van der Waals surface area contributed by atoms with Gasteiger partial charge in [0.1, 0.15) is 0 Å². The number of carbonyl (C=O) groups is 3. The zero-order chi connectivity index (χ0) is 34.8. The molecule has 46 heavy (non-hydrogen) atoms. The minimum Gasteiger partial charge on any atom is -0.475 e. The van der Waals surface area contributed by atoms with Gasteiger partial charge < -0.3 is 15.1 Å². The molecule has 0 aliphatic carbocycles. The van der Waals surface area contributed by atoms with Gasteiger partial charge in [-0.3, -0.25) is 14.9 Å². The van der Waals surface area contributed by atoms with E-state index >= 15 is 0 Å². The standard InChI is InChI=1S/C23H30N4O4S.2C2HF3O2/c28-22(24-29)23(11-13-25(14-12-23)19-20-7-3-1-4-8-20)32(30,31)27-17-15-26(16-18-27)21-9-5-2-6-10-21;2*3-2(4,5)1(6)7/h1-10,29H,11-19H2,(H,24,28);2*(H,6,7). The Kier molecular flexibility index (Phi) is 13.3. The zero-order valence-corrected chi connectivity index (χ0v) is 24.9. The van der Waals surface area contributed by atoms with Gasteiger partial charge in [-0.25, -0.2) is 23.5 Å². The van der Waals surface area contributed by atoms with Gasteiger partial charge in [0, 0.05) is 51.5 Å². The highest BCUT2D eigenvalue weighted by Gasteiger charge is 2.55. The number of nitrogens with one attached hydrogen (secondary N) is 1. The average Bonchev–Trinajstić information content (AvgIpc) is 3.01. The van der Waals surface area contributed by atoms with E-state index in [9.17, 15) is 44.8 Å². The second-order valence-electron chi connectivity index (χ2n) is 10.0. The van der Waals surface area contributed by atoms with E-state index in [0.717, 1.165) is 11.3 Å². The Morgan fingerprint density at radius 1 is 0.739 bits per heavy atom. The van der Waals surface area contributed by atoms with Gasteiger partial charge >= 0.3 is 24.3 Å². The lowest BCUT2D eigenvalue weighted by atomic mass is 9.94. The van der Waals surface area contributed by atoms with E-state index in [0.29, 0.717) is 45.8 Å². The molecule has 2 heterocycles. The van der Waals surface area contributed by atoms with Crippen LogP contribution in [0.15, 0.2) is 60.7 Å². The van der Waals surface area contributed by atoms with Gasteiger partial charge in [-0.2, -0.15) is 30.6 Å². The fraction of sp³-hybridized carbons (Fsp3) is 0.444. The highest BCUT2D eigenvalue weighted by atomic mass is 32.2. The van der Waals surface area contributed by atoms with Crippen LogP contribution in [0.3, 0.4) is 0 Å². The molecule has 256 valence electrons. The molecule has 2 saturated heterocycles. The molecule has 0 atom stereocenters. The lowest BCUT2D eigenvalue weighted by molar-refractivity contribution is -0.193. The van der Waals surface area contributed by atoms with Crippen molar-refractivity contribution in [3.63, 3.8) is 0 Å². The summed E-state index contributed by atoms with van der Waals surface area (Å²) in [6.07, 6.45) is -9.87. The Bertz CT molecular complexity index is 1370. The second kappa shape index (κ2) is 16.1. The summed E-state index contributed by atoms with van der Waals surface area (Å²) in [5, 5.41) is 23.7. The van der Waals surface area contributed by atoms with Crippen LogP contribution in [0, 0.1) is 0 Å². The first kappa shape index (κ1) is 38.2. The number of alkyl halides is 6. The van der Waals surface area contributed by atoms with E-state index in [4.69, 9.17) is 19.8 Å². The number of piperazine rings is 1. The highest BCUT2D eigenvalue weighted by Crippen LogP contribution is 2.35. The Morgan fingerprint density at radius 2 is 1.15 bits per heavy atom. The van der Waals surface area contributed by atoms with Crippen molar-refractivity contribution in [2.75, 3.05) is 44.2 Å². The molecule has 0 radical (unpaired) electrons. The molecule has 2 fully saturated rings. The molecule has 1 amide bonds. The summed E-state index contributed by atoms with van der Waals surface area (Å²) in [5.41, 5.74) is 3.85. The SMILES string of the molecule is O=C(NO)C1(S(=O)(=O)N2CCN(c3ccccc3)CC2)CCN(Cc2ccccc2)CC1.O=C(O)C(F)(F)F.O=C(O)C(F)(F)F. The molecular formula is C27H32F6N4O8S. The molecule has 2 aromatic carbocycles. The number of para-hydroxylation sites is 1. The van der Waals surface area contributed by atoms with Crippen LogP contribution >= 0.6 is 0 Å². The molecule has 12 nitrogen and oxygen atoms in total. The number of hydrogen-bond acceptors (Lipinski definition) is 8. The van der Waals surface area contributed by atoms with Crippen molar-refractivity contribution in [3.8, 4) is 0 Å². The molecule has 2 aliphatic heterocycles. The van der Waals surface area contributed by atoms with Crippen molar-refractivity contribution < 1.29 is 64.6 Å². The van der Waals surface area contributed by atoms with Crippen molar-refractivity contribution >= 4 is 33.6 Å². The summed E-state index contributed by atoms with van der Waals surface area (Å²) in [4.78, 5) is 34.8. The molecule has 2 aromatic rings. The maximum absolute atomic E-state index is 13.7. The molecule has 2 aliphatic rings. The number of hydrogen-bond donors (Lipinski definition) is 4. The fourth-order valence-corrected chi connectivity index (χ4v) is 6.81. The maximum Gasteiger partial charge on any atom is 0.490 e. The summed E-state index contributed by atoms with van der Waals surface area (Å²) in [5.74, 6) is -6.35. The van der Waals surface area contributed by atoms with E-state index in [2.05, 4.69) is 9.80 Å². The summed E-state index contributed by atoms with van der Waals surface area (Å²) < 4.78 is 90.6. The van der Waals surface area contributed by atoms with E-state index in [1.807, 2.05) is 60.7 Å². The monoisotopic (exact) mass is 686 g/mol. The Balaban J connectivity index is 0.000000440. The van der Waals surface area contributed by atoms with Crippen molar-refractivity contribution in [3.05, 3.63) is 66.2 Å². The number of rotatable bonds is 6. The van der Waals surface area contributed by atoms with Crippen molar-refractivity contribution in [2.45, 2.75) is 36.5 Å². The smallest absolute Gasteiger partial charge is 0.475 e. The number of amides is 1. The number of hydroxylamine groups is 1. The third kappa shape index (κ3) is 10.3. The van der Waals surface area contributed by atoms with Crippen LogP contribution in [-0.4, -0.2) is 107 Å². The van der Waals surface area contributed by atoms with Crippen LogP contribution < -0.4 is 10.4 Å². The minimum absolute atomic E-state index is 0.146. The number of carbonyl (C=O) groups excluding carboxylic acids is 1. The predicted molar refractivity (Wildman–Crippen MR) is 150 cm³/mol. The third-order valence-electron chi connectivity index (χ3n) is 7.11. The first-order valence-electron chi connectivity index (χ1n) is 13.5. The van der Waals surface area contributed by atoms with Crippen molar-refractivity contribution in [2.24, 2.45) is 0 Å². The maximum atomic E-state index is 13.7. The van der Waals surface area contributed by atoms with E-state index in [1.54, 1.807) is 5.48 Å². The number of carboxylic acids is 2. The lowest BCUT2D eigenvalue weighted by Gasteiger charge is -2.44. The number of halogens is 6. The second-order valence-corrected chi connectivity index (χ2v) is 12.3. The number of aliphatic carboxylic acids is 2. The summed E-state index contributed by atoms with van der Waals surface area (Å²) in [6.45, 7) is 3.36. The first-order valence-corrected chi connectivity index (χ1v) is 14.9. The van der Waals surface area contributed by atoms with Crippen LogP contribution in [-0.2, 0) is 31.0 Å². The number of piperidine rings is 1. The van der Waals surface area contributed by atoms with Crippen LogP contribution in [0.2, 0.25) is 0 Å². The largest absolute Gasteiger partial charge is 0.490 e. The molecule has 0 aromatic heterocycles. The van der Waals surface area contributed by atoms with Crippen LogP contribution in [0.5, 0.6) is 0 Å². The number of carboxylic acid groups (broad SMARTS) is 2. The van der Waals surface area contributed by atoms with Crippen molar-refractivity contribution in [1.29, 1.82) is 0 Å². The number of sulfonamides is 1. The molecule has 0 bridgehead atoms. The molecule has 4 N–H and O–H groups in total. The van der Waals surface area contributed by atoms with Gasteiger partial charge in [0.15, 0.2) is 4.75 Å². The van der Waals surface area contributed by atoms with Gasteiger partial charge in [0.2, 0.25) is 10.0 Å². The zero-order valence-electron chi connectivity index (χ0n) is 24.0. The van der Waals surface area contributed by atoms with Crippen LogP contribution in [0.4, 0.5) is 32.0 Å². The number of likely N-dealkylation sites (tertiary alicyclic amines) is 1. The summed E-state index contributed by atoms with van der Waals surface area (Å²) in [6, 6.07) is 19.9. The Hall–Kier alpha value is -3.94. The van der Waals surface area contributed by atoms with Gasteiger partial charge in [-0.15, -0.1) is 0 Å². The quantitative estimate of drug-likeness (QED) is 0.202. The summed E-state index contributed by atoms with van der Waals surface area (Å²) >= 11 is 0. The van der Waals surface area contributed by atoms with Gasteiger partial charge in [-0.05, 0) is 30.5 Å². The normalized spacial score (nSPS) is 17.4.